The molecule has 0 heterocycles. The second-order valence-electron chi connectivity index (χ2n) is 6.10. The second kappa shape index (κ2) is 10.8. The van der Waals surface area contributed by atoms with Gasteiger partial charge >= 0.3 is 0 Å². The third-order valence-corrected chi connectivity index (χ3v) is 5.82. The van der Waals surface area contributed by atoms with E-state index in [9.17, 15) is 18.0 Å². The fourth-order valence-electron chi connectivity index (χ4n) is 2.42. The Kier molecular flexibility index (Phi) is 8.46. The van der Waals surface area contributed by atoms with Crippen LogP contribution in [0.15, 0.2) is 47.4 Å². The summed E-state index contributed by atoms with van der Waals surface area (Å²) in [5.74, 6) is -0.223. The van der Waals surface area contributed by atoms with Crippen molar-refractivity contribution in [1.82, 2.24) is 10.0 Å². The number of nitrogens with one attached hydrogen (secondary N) is 2. The predicted octanol–water partition coefficient (Wildman–Crippen LogP) is 1.20. The van der Waals surface area contributed by atoms with E-state index in [1.807, 2.05) is 0 Å². The number of hydrogen-bond donors (Lipinski definition) is 3. The lowest BCUT2D eigenvalue weighted by atomic mass is 10.2. The minimum Gasteiger partial charge on any atom is -0.493 e. The van der Waals surface area contributed by atoms with Gasteiger partial charge in [0.05, 0.1) is 12.1 Å². The molecule has 9 nitrogen and oxygen atoms in total. The predicted molar refractivity (Wildman–Crippen MR) is 111 cm³/mol. The molecule has 0 unspecified atom stereocenters. The summed E-state index contributed by atoms with van der Waals surface area (Å²) in [6, 6.07) is 11.0. The van der Waals surface area contributed by atoms with Crippen molar-refractivity contribution in [1.29, 1.82) is 0 Å². The van der Waals surface area contributed by atoms with Crippen LogP contribution in [0, 0.1) is 0 Å². The van der Waals surface area contributed by atoms with Gasteiger partial charge in [0, 0.05) is 19.5 Å². The summed E-state index contributed by atoms with van der Waals surface area (Å²) in [5, 5.41) is 2.79. The maximum atomic E-state index is 12.2. The molecule has 2 aromatic rings. The van der Waals surface area contributed by atoms with Gasteiger partial charge in [-0.15, -0.1) is 0 Å². The molecule has 0 radical (unpaired) electrons. The Hall–Kier alpha value is -2.82. The molecule has 162 valence electrons. The summed E-state index contributed by atoms with van der Waals surface area (Å²) in [6.07, 6.45) is -0.0549. The summed E-state index contributed by atoms with van der Waals surface area (Å²) >= 11 is 5.90. The lowest BCUT2D eigenvalue weighted by Gasteiger charge is -2.12. The van der Waals surface area contributed by atoms with Crippen molar-refractivity contribution in [2.45, 2.75) is 17.9 Å². The molecule has 4 N–H and O–H groups in total. The highest BCUT2D eigenvalue weighted by molar-refractivity contribution is 7.89. The maximum absolute atomic E-state index is 12.2. The molecule has 0 saturated carbocycles. The molecule has 2 rings (SSSR count). The molecule has 0 bridgehead atoms. The zero-order valence-electron chi connectivity index (χ0n) is 16.2. The molecule has 0 aliphatic carbocycles. The Morgan fingerprint density at radius 2 is 1.87 bits per heavy atom. The van der Waals surface area contributed by atoms with Crippen LogP contribution in [0.5, 0.6) is 11.5 Å². The fraction of sp³-hybridized carbons (Fsp3) is 0.263. The third-order valence-electron chi connectivity index (χ3n) is 3.86. The number of amides is 2. The van der Waals surface area contributed by atoms with Crippen molar-refractivity contribution in [2.24, 2.45) is 5.73 Å². The average Bonchev–Trinajstić information content (AvgIpc) is 2.70. The highest BCUT2D eigenvalue weighted by Crippen LogP contribution is 2.28. The van der Waals surface area contributed by atoms with Crippen LogP contribution in [0.25, 0.3) is 0 Å². The number of ether oxygens (including phenoxy) is 2. The number of carbonyl (C=O) groups is 2. The van der Waals surface area contributed by atoms with Crippen molar-refractivity contribution in [2.75, 3.05) is 20.3 Å². The molecule has 0 atom stereocenters. The summed E-state index contributed by atoms with van der Waals surface area (Å²) in [7, 11) is -2.36. The van der Waals surface area contributed by atoms with Gasteiger partial charge in [-0.25, -0.2) is 13.1 Å². The standard InChI is InChI=1S/C19H22ClN3O6S/c1-28-16-10-13(6-7-15(16)29-12-18(21)24)11-22-19(25)8-9-23-30(26,27)17-5-3-2-4-14(17)20/h2-7,10,23H,8-9,11-12H2,1H3,(H2,21,24)(H,22,25). The monoisotopic (exact) mass is 455 g/mol. The Balaban J connectivity index is 1.84. The van der Waals surface area contributed by atoms with Crippen molar-refractivity contribution < 1.29 is 27.5 Å². The van der Waals surface area contributed by atoms with E-state index in [2.05, 4.69) is 10.0 Å². The van der Waals surface area contributed by atoms with Crippen molar-refractivity contribution in [3.63, 3.8) is 0 Å². The quantitative estimate of drug-likeness (QED) is 0.465. The van der Waals surface area contributed by atoms with E-state index >= 15 is 0 Å². The number of sulfonamides is 1. The number of carbonyl (C=O) groups excluding carboxylic acids is 2. The number of methoxy groups -OCH3 is 1. The van der Waals surface area contributed by atoms with E-state index in [1.54, 1.807) is 30.3 Å². The molecular formula is C19H22ClN3O6S. The molecule has 0 aliphatic heterocycles. The molecule has 0 saturated heterocycles. The van der Waals surface area contributed by atoms with E-state index < -0.39 is 15.9 Å². The molecule has 2 amide bonds. The van der Waals surface area contributed by atoms with E-state index in [1.165, 1.54) is 19.2 Å². The fourth-order valence-corrected chi connectivity index (χ4v) is 3.97. The Morgan fingerprint density at radius 3 is 2.53 bits per heavy atom. The van der Waals surface area contributed by atoms with Crippen LogP contribution < -0.4 is 25.2 Å². The first kappa shape index (κ1) is 23.5. The molecule has 0 fully saturated rings. The Labute approximate surface area is 179 Å². The Bertz CT molecular complexity index is 1010. The number of nitrogens with two attached hydrogens (primary N) is 1. The van der Waals surface area contributed by atoms with Crippen LogP contribution >= 0.6 is 11.6 Å². The first-order valence-corrected chi connectivity index (χ1v) is 10.7. The molecular weight excluding hydrogens is 434 g/mol. The molecule has 11 heteroatoms. The van der Waals surface area contributed by atoms with Crippen LogP contribution in [0.1, 0.15) is 12.0 Å². The number of benzene rings is 2. The first-order chi connectivity index (χ1) is 14.2. The first-order valence-electron chi connectivity index (χ1n) is 8.82. The SMILES string of the molecule is COc1cc(CNC(=O)CCNS(=O)(=O)c2ccccc2Cl)ccc1OCC(N)=O. The van der Waals surface area contributed by atoms with E-state index in [0.29, 0.717) is 11.5 Å². The maximum Gasteiger partial charge on any atom is 0.255 e. The van der Waals surface area contributed by atoms with Gasteiger partial charge in [0.2, 0.25) is 15.9 Å². The van der Waals surface area contributed by atoms with Gasteiger partial charge in [0.25, 0.3) is 5.91 Å². The number of rotatable bonds is 11. The number of primary amides is 1. The third kappa shape index (κ3) is 6.90. The van der Waals surface area contributed by atoms with Gasteiger partial charge in [0.15, 0.2) is 18.1 Å². The highest BCUT2D eigenvalue weighted by atomic mass is 35.5. The van der Waals surface area contributed by atoms with Crippen molar-refractivity contribution >= 4 is 33.4 Å². The topological polar surface area (TPSA) is 137 Å². The van der Waals surface area contributed by atoms with Gasteiger partial charge in [-0.05, 0) is 29.8 Å². The average molecular weight is 456 g/mol. The molecule has 0 spiro atoms. The molecule has 30 heavy (non-hydrogen) atoms. The summed E-state index contributed by atoms with van der Waals surface area (Å²) in [5.41, 5.74) is 5.77. The number of hydrogen-bond acceptors (Lipinski definition) is 6. The molecule has 0 aromatic heterocycles. The summed E-state index contributed by atoms with van der Waals surface area (Å²) < 4.78 is 37.2. The van der Waals surface area contributed by atoms with Crippen LogP contribution in [-0.2, 0) is 26.2 Å². The van der Waals surface area contributed by atoms with E-state index in [-0.39, 0.29) is 41.9 Å². The summed E-state index contributed by atoms with van der Waals surface area (Å²) in [4.78, 5) is 22.8. The van der Waals surface area contributed by atoms with Crippen LogP contribution in [0.4, 0.5) is 0 Å². The van der Waals surface area contributed by atoms with E-state index in [0.717, 1.165) is 5.56 Å². The minimum atomic E-state index is -3.80. The largest absolute Gasteiger partial charge is 0.493 e. The minimum absolute atomic E-state index is 0.0437. The summed E-state index contributed by atoms with van der Waals surface area (Å²) in [6.45, 7) is -0.165. The van der Waals surface area contributed by atoms with Gasteiger partial charge in [-0.2, -0.15) is 0 Å². The zero-order valence-corrected chi connectivity index (χ0v) is 17.8. The lowest BCUT2D eigenvalue weighted by Crippen LogP contribution is -2.30. The van der Waals surface area contributed by atoms with Gasteiger partial charge in [-0.3, -0.25) is 9.59 Å². The van der Waals surface area contributed by atoms with Crippen molar-refractivity contribution in [3.8, 4) is 11.5 Å². The van der Waals surface area contributed by atoms with Crippen LogP contribution in [0.3, 0.4) is 0 Å². The zero-order chi connectivity index (χ0) is 22.1. The Morgan fingerprint density at radius 1 is 1.13 bits per heavy atom. The second-order valence-corrected chi connectivity index (χ2v) is 8.24. The van der Waals surface area contributed by atoms with Gasteiger partial charge < -0.3 is 20.5 Å². The lowest BCUT2D eigenvalue weighted by molar-refractivity contribution is -0.121. The van der Waals surface area contributed by atoms with Crippen LogP contribution in [-0.4, -0.2) is 40.5 Å². The number of halogens is 1. The molecule has 2 aromatic carbocycles. The van der Waals surface area contributed by atoms with Crippen LogP contribution in [0.2, 0.25) is 5.02 Å². The highest BCUT2D eigenvalue weighted by Gasteiger charge is 2.17. The van der Waals surface area contributed by atoms with Gasteiger partial charge in [0.1, 0.15) is 4.90 Å². The van der Waals surface area contributed by atoms with Crippen molar-refractivity contribution in [3.05, 3.63) is 53.1 Å². The smallest absolute Gasteiger partial charge is 0.255 e. The van der Waals surface area contributed by atoms with Gasteiger partial charge in [-0.1, -0.05) is 29.8 Å². The van der Waals surface area contributed by atoms with E-state index in [4.69, 9.17) is 26.8 Å². The molecule has 0 aliphatic rings. The normalized spacial score (nSPS) is 11.0.